The molecule has 0 atom stereocenters. The number of hydrogen-bond acceptors (Lipinski definition) is 5. The molecule has 0 aliphatic rings. The molecule has 56 valence electrons. The van der Waals surface area contributed by atoms with E-state index in [1.54, 1.807) is 0 Å². The van der Waals surface area contributed by atoms with E-state index in [0.29, 0.717) is 0 Å². The van der Waals surface area contributed by atoms with Crippen LogP contribution in [-0.4, -0.2) is 21.1 Å². The van der Waals surface area contributed by atoms with E-state index in [4.69, 9.17) is 0 Å². The molecule has 0 aromatic heterocycles. The number of hydrazine groups is 2. The van der Waals surface area contributed by atoms with E-state index in [-0.39, 0.29) is 0 Å². The quantitative estimate of drug-likeness (QED) is 0.378. The van der Waals surface area contributed by atoms with Gasteiger partial charge in [-0.1, -0.05) is 0 Å². The van der Waals surface area contributed by atoms with Gasteiger partial charge in [0, 0.05) is 6.92 Å². The highest BCUT2D eigenvalue weighted by atomic mass is 16.8. The minimum Gasteiger partial charge on any atom is -0.261 e. The van der Waals surface area contributed by atoms with Gasteiger partial charge in [-0.2, -0.15) is 0 Å². The van der Waals surface area contributed by atoms with Crippen LogP contribution in [0.2, 0.25) is 0 Å². The van der Waals surface area contributed by atoms with Crippen LogP contribution in [0, 0.1) is 20.2 Å². The van der Waals surface area contributed by atoms with Crippen molar-refractivity contribution < 1.29 is 14.9 Å². The standard InChI is InChI=1S/C2H3N3O5/c1-2(6)3(4(7)8)5(9)10/h1H3. The van der Waals surface area contributed by atoms with Crippen LogP contribution in [-0.2, 0) is 4.79 Å². The van der Waals surface area contributed by atoms with Crippen LogP contribution >= 0.6 is 0 Å². The third kappa shape index (κ3) is 1.65. The summed E-state index contributed by atoms with van der Waals surface area (Å²) in [5.41, 5.74) is 0. The third-order valence-corrected chi connectivity index (χ3v) is 0.591. The molecular weight excluding hydrogens is 146 g/mol. The lowest BCUT2D eigenvalue weighted by molar-refractivity contribution is -0.884. The molecule has 8 nitrogen and oxygen atoms in total. The Bertz CT molecular complexity index is 154. The molecule has 0 spiro atoms. The Morgan fingerprint density at radius 2 is 1.60 bits per heavy atom. The van der Waals surface area contributed by atoms with E-state index < -0.39 is 21.1 Å². The maximum absolute atomic E-state index is 10.1. The number of nitro groups is 2. The van der Waals surface area contributed by atoms with Crippen molar-refractivity contribution in [1.82, 2.24) is 5.12 Å². The lowest BCUT2D eigenvalue weighted by atomic mass is 10.7. The van der Waals surface area contributed by atoms with Crippen LogP contribution < -0.4 is 0 Å². The Morgan fingerprint density at radius 3 is 1.60 bits per heavy atom. The molecule has 0 aliphatic heterocycles. The lowest BCUT2D eigenvalue weighted by Crippen LogP contribution is -2.39. The van der Waals surface area contributed by atoms with Gasteiger partial charge in [-0.15, -0.1) is 0 Å². The molecular formula is C2H3N3O5. The molecule has 0 unspecified atom stereocenters. The second-order valence-electron chi connectivity index (χ2n) is 1.28. The summed E-state index contributed by atoms with van der Waals surface area (Å²) >= 11 is 0. The number of nitrogens with zero attached hydrogens (tertiary/aromatic N) is 3. The fourth-order valence-corrected chi connectivity index (χ4v) is 0.290. The molecule has 0 bridgehead atoms. The predicted octanol–water partition coefficient (Wildman–Crippen LogP) is -0.782. The number of carbonyl (C=O) groups excluding carboxylic acids is 1. The second-order valence-corrected chi connectivity index (χ2v) is 1.28. The summed E-state index contributed by atoms with van der Waals surface area (Å²) in [4.78, 5) is 29.4. The molecule has 1 amide bonds. The highest BCUT2D eigenvalue weighted by Gasteiger charge is 2.32. The fourth-order valence-electron chi connectivity index (χ4n) is 0.290. The third-order valence-electron chi connectivity index (χ3n) is 0.591. The smallest absolute Gasteiger partial charge is 0.261 e. The van der Waals surface area contributed by atoms with E-state index in [1.807, 2.05) is 0 Å². The van der Waals surface area contributed by atoms with Crippen LogP contribution in [0.15, 0.2) is 0 Å². The Balaban J connectivity index is 4.43. The number of hydrogen-bond donors (Lipinski definition) is 0. The maximum atomic E-state index is 10.1. The molecule has 0 N–H and O–H groups in total. The van der Waals surface area contributed by atoms with Crippen molar-refractivity contribution in [1.29, 1.82) is 0 Å². The van der Waals surface area contributed by atoms with Gasteiger partial charge in [-0.25, -0.2) is 20.2 Å². The predicted molar refractivity (Wildman–Crippen MR) is 26.5 cm³/mol. The number of rotatable bonds is 2. The monoisotopic (exact) mass is 149 g/mol. The molecule has 0 fully saturated rings. The first kappa shape index (κ1) is 8.27. The van der Waals surface area contributed by atoms with Crippen molar-refractivity contribution in [3.63, 3.8) is 0 Å². The molecule has 0 saturated carbocycles. The molecule has 8 heteroatoms. The van der Waals surface area contributed by atoms with Crippen LogP contribution in [0.5, 0.6) is 0 Å². The Labute approximate surface area is 54.3 Å². The molecule has 0 aliphatic carbocycles. The summed E-state index contributed by atoms with van der Waals surface area (Å²) < 4.78 is 0. The van der Waals surface area contributed by atoms with Gasteiger partial charge < -0.3 is 0 Å². The van der Waals surface area contributed by atoms with Crippen LogP contribution in [0.4, 0.5) is 0 Å². The van der Waals surface area contributed by atoms with Gasteiger partial charge in [0.25, 0.3) is 0 Å². The lowest BCUT2D eigenvalue weighted by Gasteiger charge is -1.95. The summed E-state index contributed by atoms with van der Waals surface area (Å²) in [6.45, 7) is 0.728. The molecule has 0 saturated heterocycles. The van der Waals surface area contributed by atoms with E-state index in [1.165, 1.54) is 0 Å². The van der Waals surface area contributed by atoms with Crippen molar-refractivity contribution in [2.45, 2.75) is 6.92 Å². The van der Waals surface area contributed by atoms with E-state index in [2.05, 4.69) is 0 Å². The minimum absolute atomic E-state index is 0.694. The molecule has 0 aromatic rings. The zero-order valence-electron chi connectivity index (χ0n) is 4.88. The van der Waals surface area contributed by atoms with Crippen LogP contribution in [0.25, 0.3) is 0 Å². The largest absolute Gasteiger partial charge is 0.355 e. The van der Waals surface area contributed by atoms with Crippen molar-refractivity contribution in [3.8, 4) is 0 Å². The van der Waals surface area contributed by atoms with Gasteiger partial charge in [0.05, 0.1) is 0 Å². The van der Waals surface area contributed by atoms with Gasteiger partial charge in [0.2, 0.25) is 15.2 Å². The van der Waals surface area contributed by atoms with Crippen LogP contribution in [0.1, 0.15) is 6.92 Å². The highest BCUT2D eigenvalue weighted by molar-refractivity contribution is 5.70. The first-order valence-electron chi connectivity index (χ1n) is 2.06. The summed E-state index contributed by atoms with van der Waals surface area (Å²) in [5, 5.41) is 15.8. The summed E-state index contributed by atoms with van der Waals surface area (Å²) in [6.07, 6.45) is 0. The first-order valence-corrected chi connectivity index (χ1v) is 2.06. The SMILES string of the molecule is CC(=O)N([N+](=O)[O-])[N+](=O)[O-]. The fraction of sp³-hybridized carbons (Fsp3) is 0.500. The summed E-state index contributed by atoms with van der Waals surface area (Å²) in [6, 6.07) is 0. The van der Waals surface area contributed by atoms with Gasteiger partial charge in [-0.3, -0.25) is 4.79 Å². The van der Waals surface area contributed by atoms with Crippen molar-refractivity contribution >= 4 is 5.91 Å². The zero-order valence-corrected chi connectivity index (χ0v) is 4.88. The second kappa shape index (κ2) is 2.71. The zero-order chi connectivity index (χ0) is 8.31. The Kier molecular flexibility index (Phi) is 2.24. The van der Waals surface area contributed by atoms with Gasteiger partial charge >= 0.3 is 5.91 Å². The molecule has 0 radical (unpaired) electrons. The first-order chi connectivity index (χ1) is 4.46. The molecule has 0 rings (SSSR count). The Hall–Kier alpha value is -1.73. The van der Waals surface area contributed by atoms with Gasteiger partial charge in [0.1, 0.15) is 0 Å². The minimum atomic E-state index is -1.40. The topological polar surface area (TPSA) is 107 Å². The average Bonchev–Trinajstić information content (AvgIpc) is 1.59. The van der Waals surface area contributed by atoms with Crippen molar-refractivity contribution in [2.75, 3.05) is 0 Å². The van der Waals surface area contributed by atoms with Gasteiger partial charge in [-0.05, 0) is 0 Å². The molecule has 10 heavy (non-hydrogen) atoms. The number of carbonyl (C=O) groups is 1. The number of amides is 1. The van der Waals surface area contributed by atoms with E-state index in [9.17, 15) is 25.0 Å². The van der Waals surface area contributed by atoms with E-state index >= 15 is 0 Å². The van der Waals surface area contributed by atoms with Crippen molar-refractivity contribution in [3.05, 3.63) is 20.2 Å². The normalized spacial score (nSPS) is 8.50. The van der Waals surface area contributed by atoms with Gasteiger partial charge in [0.15, 0.2) is 0 Å². The highest BCUT2D eigenvalue weighted by Crippen LogP contribution is 1.88. The Morgan fingerprint density at radius 1 is 1.30 bits per heavy atom. The maximum Gasteiger partial charge on any atom is 0.355 e. The van der Waals surface area contributed by atoms with Crippen LogP contribution in [0.3, 0.4) is 0 Å². The molecule has 0 aromatic carbocycles. The average molecular weight is 149 g/mol. The molecule has 0 heterocycles. The summed E-state index contributed by atoms with van der Waals surface area (Å²) in [7, 11) is 0. The van der Waals surface area contributed by atoms with Crippen molar-refractivity contribution in [2.24, 2.45) is 0 Å². The van der Waals surface area contributed by atoms with E-state index in [0.717, 1.165) is 6.92 Å². The summed E-state index contributed by atoms with van der Waals surface area (Å²) in [5.74, 6) is -1.24.